The molecule has 0 amide bonds. The summed E-state index contributed by atoms with van der Waals surface area (Å²) in [6.07, 6.45) is 6.11. The molecule has 1 aromatic heterocycles. The second-order valence-corrected chi connectivity index (χ2v) is 5.12. The van der Waals surface area contributed by atoms with Gasteiger partial charge in [0.15, 0.2) is 0 Å². The number of ether oxygens (including phenoxy) is 1. The van der Waals surface area contributed by atoms with Crippen LogP contribution in [0.2, 0.25) is 0 Å². The topological polar surface area (TPSA) is 56.3 Å². The molecule has 2 unspecified atom stereocenters. The van der Waals surface area contributed by atoms with E-state index >= 15 is 0 Å². The second kappa shape index (κ2) is 6.20. The third-order valence-corrected chi connectivity index (χ3v) is 3.69. The number of rotatable bonds is 6. The number of aryl methyl sites for hydroxylation is 1. The van der Waals surface area contributed by atoms with Gasteiger partial charge in [0.2, 0.25) is 5.95 Å². The van der Waals surface area contributed by atoms with Gasteiger partial charge in [0.1, 0.15) is 0 Å². The molecule has 0 spiro atoms. The van der Waals surface area contributed by atoms with E-state index in [9.17, 15) is 0 Å². The van der Waals surface area contributed by atoms with Crippen LogP contribution >= 0.6 is 0 Å². The second-order valence-electron chi connectivity index (χ2n) is 5.12. The van der Waals surface area contributed by atoms with Crippen LogP contribution in [0.4, 0.5) is 5.95 Å². The molecule has 0 aliphatic carbocycles. The zero-order valence-electron chi connectivity index (χ0n) is 11.4. The standard InChI is InChI=1S/C13H24N4O/c1-11(14)12-4-7-17(10-12)13-15-5-8-16(13)6-3-9-18-2/h5,8,11-12H,3-4,6-7,9-10,14H2,1-2H3. The highest BCUT2D eigenvalue weighted by atomic mass is 16.5. The van der Waals surface area contributed by atoms with Gasteiger partial charge in [-0.25, -0.2) is 4.98 Å². The summed E-state index contributed by atoms with van der Waals surface area (Å²) < 4.78 is 7.30. The molecule has 102 valence electrons. The van der Waals surface area contributed by atoms with Crippen molar-refractivity contribution >= 4 is 5.95 Å². The molecule has 1 aliphatic rings. The SMILES string of the molecule is COCCCn1ccnc1N1CCC(C(C)N)C1. The van der Waals surface area contributed by atoms with E-state index in [-0.39, 0.29) is 6.04 Å². The molecule has 2 N–H and O–H groups in total. The van der Waals surface area contributed by atoms with Crippen LogP contribution in [0.1, 0.15) is 19.8 Å². The normalized spacial score (nSPS) is 21.5. The molecule has 1 saturated heterocycles. The Morgan fingerprint density at radius 2 is 2.44 bits per heavy atom. The number of methoxy groups -OCH3 is 1. The van der Waals surface area contributed by atoms with Crippen LogP contribution in [0.3, 0.4) is 0 Å². The quantitative estimate of drug-likeness (QED) is 0.770. The first-order valence-corrected chi connectivity index (χ1v) is 6.73. The predicted octanol–water partition coefficient (Wildman–Crippen LogP) is 1.09. The molecular weight excluding hydrogens is 228 g/mol. The maximum atomic E-state index is 5.98. The Labute approximate surface area is 109 Å². The summed E-state index contributed by atoms with van der Waals surface area (Å²) in [7, 11) is 1.74. The molecule has 5 heteroatoms. The molecule has 0 bridgehead atoms. The van der Waals surface area contributed by atoms with Crippen molar-refractivity contribution in [2.75, 3.05) is 31.7 Å². The van der Waals surface area contributed by atoms with E-state index in [1.165, 1.54) is 6.42 Å². The Balaban J connectivity index is 1.95. The first-order valence-electron chi connectivity index (χ1n) is 6.73. The summed E-state index contributed by atoms with van der Waals surface area (Å²) in [6, 6.07) is 0.270. The number of hydrogen-bond donors (Lipinski definition) is 1. The molecular formula is C13H24N4O. The van der Waals surface area contributed by atoms with Crippen LogP contribution < -0.4 is 10.6 Å². The number of anilines is 1. The van der Waals surface area contributed by atoms with E-state index in [0.29, 0.717) is 5.92 Å². The van der Waals surface area contributed by atoms with Crippen molar-refractivity contribution in [1.82, 2.24) is 9.55 Å². The minimum absolute atomic E-state index is 0.270. The fourth-order valence-electron chi connectivity index (χ4n) is 2.54. The van der Waals surface area contributed by atoms with Crippen LogP contribution in [0.25, 0.3) is 0 Å². The van der Waals surface area contributed by atoms with Gasteiger partial charge >= 0.3 is 0 Å². The predicted molar refractivity (Wildman–Crippen MR) is 72.7 cm³/mol. The first-order chi connectivity index (χ1) is 8.72. The third-order valence-electron chi connectivity index (χ3n) is 3.69. The van der Waals surface area contributed by atoms with Gasteiger partial charge in [-0.15, -0.1) is 0 Å². The van der Waals surface area contributed by atoms with E-state index in [4.69, 9.17) is 10.5 Å². The van der Waals surface area contributed by atoms with Crippen molar-refractivity contribution in [3.63, 3.8) is 0 Å². The molecule has 2 heterocycles. The van der Waals surface area contributed by atoms with Gasteiger partial charge in [-0.1, -0.05) is 0 Å². The van der Waals surface area contributed by atoms with Crippen LogP contribution in [-0.4, -0.2) is 42.4 Å². The minimum atomic E-state index is 0.270. The first kappa shape index (κ1) is 13.4. The van der Waals surface area contributed by atoms with E-state index < -0.39 is 0 Å². The molecule has 0 aromatic carbocycles. The lowest BCUT2D eigenvalue weighted by atomic mass is 10.0. The van der Waals surface area contributed by atoms with Crippen molar-refractivity contribution < 1.29 is 4.74 Å². The van der Waals surface area contributed by atoms with Crippen molar-refractivity contribution in [2.24, 2.45) is 11.7 Å². The molecule has 1 aliphatic heterocycles. The van der Waals surface area contributed by atoms with Gasteiger partial charge in [-0.3, -0.25) is 0 Å². The zero-order chi connectivity index (χ0) is 13.0. The smallest absolute Gasteiger partial charge is 0.205 e. The van der Waals surface area contributed by atoms with Crippen molar-refractivity contribution in [1.29, 1.82) is 0 Å². The number of nitrogens with two attached hydrogens (primary N) is 1. The van der Waals surface area contributed by atoms with Crippen LogP contribution in [0.5, 0.6) is 0 Å². The van der Waals surface area contributed by atoms with Crippen molar-refractivity contribution in [3.8, 4) is 0 Å². The van der Waals surface area contributed by atoms with Crippen LogP contribution in [0.15, 0.2) is 12.4 Å². The number of imidazole rings is 1. The zero-order valence-corrected chi connectivity index (χ0v) is 11.4. The fraction of sp³-hybridized carbons (Fsp3) is 0.769. The van der Waals surface area contributed by atoms with E-state index in [1.54, 1.807) is 7.11 Å². The monoisotopic (exact) mass is 252 g/mol. The summed E-state index contributed by atoms with van der Waals surface area (Å²) in [5.74, 6) is 1.67. The maximum Gasteiger partial charge on any atom is 0.205 e. The molecule has 18 heavy (non-hydrogen) atoms. The number of hydrogen-bond acceptors (Lipinski definition) is 4. The third kappa shape index (κ3) is 3.03. The van der Waals surface area contributed by atoms with Crippen molar-refractivity contribution in [2.45, 2.75) is 32.4 Å². The Morgan fingerprint density at radius 3 is 3.11 bits per heavy atom. The largest absolute Gasteiger partial charge is 0.385 e. The van der Waals surface area contributed by atoms with Gasteiger partial charge < -0.3 is 19.9 Å². The van der Waals surface area contributed by atoms with Gasteiger partial charge in [0.25, 0.3) is 0 Å². The van der Waals surface area contributed by atoms with Crippen LogP contribution in [-0.2, 0) is 11.3 Å². The Hall–Kier alpha value is -1.07. The molecule has 2 rings (SSSR count). The summed E-state index contributed by atoms with van der Waals surface area (Å²) in [6.45, 7) is 5.94. The van der Waals surface area contributed by atoms with E-state index in [1.807, 2.05) is 12.4 Å². The summed E-state index contributed by atoms with van der Waals surface area (Å²) in [5.41, 5.74) is 5.98. The van der Waals surface area contributed by atoms with Gasteiger partial charge in [0, 0.05) is 51.8 Å². The fourth-order valence-corrected chi connectivity index (χ4v) is 2.54. The van der Waals surface area contributed by atoms with Crippen molar-refractivity contribution in [3.05, 3.63) is 12.4 Å². The summed E-state index contributed by atoms with van der Waals surface area (Å²) >= 11 is 0. The van der Waals surface area contributed by atoms with Gasteiger partial charge in [-0.05, 0) is 25.7 Å². The summed E-state index contributed by atoms with van der Waals surface area (Å²) in [5, 5.41) is 0. The average Bonchev–Trinajstić information content (AvgIpc) is 2.96. The highest BCUT2D eigenvalue weighted by Crippen LogP contribution is 2.24. The van der Waals surface area contributed by atoms with E-state index in [2.05, 4.69) is 21.4 Å². The van der Waals surface area contributed by atoms with E-state index in [0.717, 1.165) is 38.6 Å². The number of aromatic nitrogens is 2. The molecule has 1 fully saturated rings. The number of nitrogens with zero attached hydrogens (tertiary/aromatic N) is 3. The lowest BCUT2D eigenvalue weighted by Gasteiger charge is -2.20. The highest BCUT2D eigenvalue weighted by Gasteiger charge is 2.27. The van der Waals surface area contributed by atoms with Gasteiger partial charge in [0.05, 0.1) is 0 Å². The molecule has 0 saturated carbocycles. The molecule has 1 aromatic rings. The average molecular weight is 252 g/mol. The maximum absolute atomic E-state index is 5.98. The lowest BCUT2D eigenvalue weighted by Crippen LogP contribution is -2.30. The van der Waals surface area contributed by atoms with Crippen LogP contribution in [0, 0.1) is 5.92 Å². The Morgan fingerprint density at radius 1 is 1.61 bits per heavy atom. The lowest BCUT2D eigenvalue weighted by molar-refractivity contribution is 0.190. The molecule has 5 nitrogen and oxygen atoms in total. The Bertz CT molecular complexity index is 364. The summed E-state index contributed by atoms with van der Waals surface area (Å²) in [4.78, 5) is 6.83. The van der Waals surface area contributed by atoms with Gasteiger partial charge in [-0.2, -0.15) is 0 Å². The molecule has 2 atom stereocenters. The minimum Gasteiger partial charge on any atom is -0.385 e. The Kier molecular flexibility index (Phi) is 4.60. The molecule has 0 radical (unpaired) electrons. The highest BCUT2D eigenvalue weighted by molar-refractivity contribution is 5.33.